The molecule has 0 unspecified atom stereocenters. The molecule has 4 aromatic carbocycles. The van der Waals surface area contributed by atoms with E-state index >= 15 is 0 Å². The van der Waals surface area contributed by atoms with Gasteiger partial charge in [-0.2, -0.15) is 0 Å². The molecule has 3 amide bonds. The number of nitrogens with zero attached hydrogens (tertiary/aromatic N) is 2. The molecule has 218 valence electrons. The molecule has 7 nitrogen and oxygen atoms in total. The third-order valence-corrected chi connectivity index (χ3v) is 10.2. The number of ether oxygens (including phenoxy) is 1. The normalized spacial score (nSPS) is 24.8. The first kappa shape index (κ1) is 26.8. The van der Waals surface area contributed by atoms with Gasteiger partial charge in [-0.3, -0.25) is 19.2 Å². The highest BCUT2D eigenvalue weighted by molar-refractivity contribution is 6.31. The first-order valence-electron chi connectivity index (χ1n) is 14.8. The van der Waals surface area contributed by atoms with E-state index in [1.54, 1.807) is 41.3 Å². The smallest absolute Gasteiger partial charge is 0.316 e. The predicted octanol–water partition coefficient (Wildman–Crippen LogP) is 6.00. The van der Waals surface area contributed by atoms with Crippen LogP contribution in [0.2, 0.25) is 5.02 Å². The number of carbonyl (C=O) groups is 4. The fraction of sp³-hybridized carbons (Fsp3) is 0.222. The van der Waals surface area contributed by atoms with Crippen molar-refractivity contribution in [3.8, 4) is 5.75 Å². The standard InChI is InChI=1S/C36H27ClN2O5/c1-19-27(37)11-6-12-28(19)38-18-20(17-29(38)40)36(43)44-22-15-13-21(14-16-22)39-34(41)32-30-23-7-2-3-8-24(23)31(33(32)35(39)42)26-10-5-4-9-25(26)30/h2-16,20,30-33H,17-18H2,1H3/t20-,30?,31?,32-,33+/m1/s1. The highest BCUT2D eigenvalue weighted by Crippen LogP contribution is 2.61. The lowest BCUT2D eigenvalue weighted by Crippen LogP contribution is -2.41. The molecule has 5 aliphatic rings. The summed E-state index contributed by atoms with van der Waals surface area (Å²) in [6.45, 7) is 2.04. The second-order valence-electron chi connectivity index (χ2n) is 12.0. The van der Waals surface area contributed by atoms with Crippen molar-refractivity contribution in [2.75, 3.05) is 16.3 Å². The summed E-state index contributed by atoms with van der Waals surface area (Å²) in [4.78, 5) is 56.7. The predicted molar refractivity (Wildman–Crippen MR) is 165 cm³/mol. The van der Waals surface area contributed by atoms with Gasteiger partial charge in [-0.1, -0.05) is 66.2 Å². The Morgan fingerprint density at radius 2 is 1.30 bits per heavy atom. The molecule has 0 N–H and O–H groups in total. The van der Waals surface area contributed by atoms with Crippen LogP contribution in [0.15, 0.2) is 91.0 Å². The monoisotopic (exact) mass is 602 g/mol. The molecular formula is C36H27ClN2O5. The van der Waals surface area contributed by atoms with Gasteiger partial charge in [0.05, 0.1) is 23.4 Å². The van der Waals surface area contributed by atoms with Crippen molar-refractivity contribution in [3.05, 3.63) is 124 Å². The number of hydrogen-bond acceptors (Lipinski definition) is 5. The lowest BCUT2D eigenvalue weighted by molar-refractivity contribution is -0.139. The minimum absolute atomic E-state index is 0.0372. The lowest BCUT2D eigenvalue weighted by atomic mass is 9.55. The van der Waals surface area contributed by atoms with Crippen LogP contribution < -0.4 is 14.5 Å². The number of carbonyl (C=O) groups excluding carboxylic acids is 4. The number of esters is 1. The lowest BCUT2D eigenvalue weighted by Gasteiger charge is -2.45. The molecule has 0 aromatic heterocycles. The van der Waals surface area contributed by atoms with Crippen molar-refractivity contribution in [1.29, 1.82) is 0 Å². The molecule has 2 bridgehead atoms. The zero-order valence-electron chi connectivity index (χ0n) is 23.8. The van der Waals surface area contributed by atoms with Crippen LogP contribution in [0.5, 0.6) is 5.75 Å². The van der Waals surface area contributed by atoms with Crippen LogP contribution in [0.1, 0.15) is 46.1 Å². The van der Waals surface area contributed by atoms with E-state index in [4.69, 9.17) is 16.3 Å². The SMILES string of the molecule is Cc1c(Cl)cccc1N1C[C@H](C(=O)Oc2ccc(N3C(=O)[C@@H]4C5c6ccccc6C(c6ccccc65)[C@@H]4C3=O)cc2)CC1=O. The second-order valence-corrected chi connectivity index (χ2v) is 12.4. The van der Waals surface area contributed by atoms with E-state index in [-0.39, 0.29) is 48.3 Å². The molecule has 2 saturated heterocycles. The van der Waals surface area contributed by atoms with Crippen molar-refractivity contribution >= 4 is 46.7 Å². The average molecular weight is 603 g/mol. The molecule has 0 radical (unpaired) electrons. The quantitative estimate of drug-likeness (QED) is 0.162. The molecule has 3 aliphatic carbocycles. The summed E-state index contributed by atoms with van der Waals surface area (Å²) in [7, 11) is 0. The second kappa shape index (κ2) is 9.89. The Morgan fingerprint density at radius 3 is 1.84 bits per heavy atom. The molecule has 9 rings (SSSR count). The Labute approximate surface area is 259 Å². The van der Waals surface area contributed by atoms with E-state index in [9.17, 15) is 19.2 Å². The number of benzene rings is 4. The van der Waals surface area contributed by atoms with E-state index in [0.29, 0.717) is 16.4 Å². The van der Waals surface area contributed by atoms with Gasteiger partial charge in [0.25, 0.3) is 0 Å². The maximum absolute atomic E-state index is 14.0. The molecule has 0 spiro atoms. The molecule has 4 aromatic rings. The van der Waals surface area contributed by atoms with Crippen LogP contribution in [0.3, 0.4) is 0 Å². The minimum Gasteiger partial charge on any atom is -0.426 e. The van der Waals surface area contributed by atoms with Gasteiger partial charge in [0.2, 0.25) is 17.7 Å². The van der Waals surface area contributed by atoms with Gasteiger partial charge in [0.15, 0.2) is 0 Å². The molecule has 3 atom stereocenters. The Kier molecular flexibility index (Phi) is 6.04. The number of anilines is 2. The highest BCUT2D eigenvalue weighted by Gasteiger charge is 2.61. The largest absolute Gasteiger partial charge is 0.426 e. The number of imide groups is 1. The topological polar surface area (TPSA) is 84.0 Å². The summed E-state index contributed by atoms with van der Waals surface area (Å²) >= 11 is 6.24. The average Bonchev–Trinajstić information content (AvgIpc) is 3.55. The summed E-state index contributed by atoms with van der Waals surface area (Å²) in [6.07, 6.45) is 0.0372. The van der Waals surface area contributed by atoms with Gasteiger partial charge in [-0.15, -0.1) is 0 Å². The van der Waals surface area contributed by atoms with Crippen LogP contribution in [0, 0.1) is 24.7 Å². The summed E-state index contributed by atoms with van der Waals surface area (Å²) in [5.41, 5.74) is 6.39. The van der Waals surface area contributed by atoms with Crippen molar-refractivity contribution in [2.45, 2.75) is 25.2 Å². The summed E-state index contributed by atoms with van der Waals surface area (Å²) in [5, 5.41) is 0.553. The third-order valence-electron chi connectivity index (χ3n) is 9.75. The van der Waals surface area contributed by atoms with E-state index in [1.165, 1.54) is 4.90 Å². The van der Waals surface area contributed by atoms with E-state index in [2.05, 4.69) is 24.3 Å². The van der Waals surface area contributed by atoms with Gasteiger partial charge >= 0.3 is 5.97 Å². The van der Waals surface area contributed by atoms with Crippen molar-refractivity contribution in [3.63, 3.8) is 0 Å². The molecule has 2 fully saturated rings. The van der Waals surface area contributed by atoms with E-state index in [1.807, 2.05) is 37.3 Å². The maximum Gasteiger partial charge on any atom is 0.316 e. The molecular weight excluding hydrogens is 576 g/mol. The first-order valence-corrected chi connectivity index (χ1v) is 15.1. The Bertz CT molecular complexity index is 1790. The van der Waals surface area contributed by atoms with Crippen LogP contribution in [0.25, 0.3) is 0 Å². The van der Waals surface area contributed by atoms with E-state index in [0.717, 1.165) is 27.8 Å². The summed E-state index contributed by atoms with van der Waals surface area (Å²) in [6, 6.07) is 28.1. The fourth-order valence-electron chi connectivity index (χ4n) is 7.78. The number of rotatable bonds is 4. The molecule has 0 saturated carbocycles. The van der Waals surface area contributed by atoms with Crippen molar-refractivity contribution < 1.29 is 23.9 Å². The van der Waals surface area contributed by atoms with Crippen molar-refractivity contribution in [2.24, 2.45) is 17.8 Å². The van der Waals surface area contributed by atoms with Crippen LogP contribution >= 0.6 is 11.6 Å². The van der Waals surface area contributed by atoms with Crippen molar-refractivity contribution in [1.82, 2.24) is 0 Å². The number of hydrogen-bond donors (Lipinski definition) is 0. The van der Waals surface area contributed by atoms with Crippen LogP contribution in [-0.2, 0) is 19.2 Å². The Morgan fingerprint density at radius 1 is 0.750 bits per heavy atom. The first-order chi connectivity index (χ1) is 21.3. The van der Waals surface area contributed by atoms with Crippen LogP contribution in [0.4, 0.5) is 11.4 Å². The zero-order valence-corrected chi connectivity index (χ0v) is 24.5. The molecule has 2 aliphatic heterocycles. The minimum atomic E-state index is -0.635. The summed E-state index contributed by atoms with van der Waals surface area (Å²) < 4.78 is 5.65. The van der Waals surface area contributed by atoms with Gasteiger partial charge in [0.1, 0.15) is 5.75 Å². The fourth-order valence-corrected chi connectivity index (χ4v) is 7.95. The summed E-state index contributed by atoms with van der Waals surface area (Å²) in [5.74, 6) is -2.75. The maximum atomic E-state index is 14.0. The molecule has 44 heavy (non-hydrogen) atoms. The third kappa shape index (κ3) is 3.82. The van der Waals surface area contributed by atoms with E-state index < -0.39 is 23.7 Å². The zero-order chi connectivity index (χ0) is 30.3. The Hall–Kier alpha value is -4.75. The van der Waals surface area contributed by atoms with Crippen LogP contribution in [-0.4, -0.2) is 30.2 Å². The number of halogens is 1. The van der Waals surface area contributed by atoms with Gasteiger partial charge in [-0.25, -0.2) is 4.90 Å². The highest BCUT2D eigenvalue weighted by atomic mass is 35.5. The van der Waals surface area contributed by atoms with Gasteiger partial charge in [0, 0.05) is 35.5 Å². The van der Waals surface area contributed by atoms with Gasteiger partial charge in [-0.05, 0) is 71.1 Å². The number of amides is 3. The molecule has 2 heterocycles. The molecule has 8 heteroatoms. The Balaban J connectivity index is 1.02. The van der Waals surface area contributed by atoms with Gasteiger partial charge < -0.3 is 9.64 Å².